The van der Waals surface area contributed by atoms with Crippen molar-refractivity contribution >= 4 is 18.3 Å². The van der Waals surface area contributed by atoms with Crippen molar-refractivity contribution in [2.75, 3.05) is 0 Å². The van der Waals surface area contributed by atoms with Crippen LogP contribution in [0.5, 0.6) is 5.75 Å². The number of fused-ring (bicyclic) bond motifs is 2. The van der Waals surface area contributed by atoms with Gasteiger partial charge in [0.25, 0.3) is 5.91 Å². The van der Waals surface area contributed by atoms with E-state index in [4.69, 9.17) is 4.74 Å². The van der Waals surface area contributed by atoms with Crippen LogP contribution in [0.1, 0.15) is 41.6 Å². The van der Waals surface area contributed by atoms with Crippen LogP contribution in [-0.4, -0.2) is 24.0 Å². The lowest BCUT2D eigenvalue weighted by molar-refractivity contribution is 0.0924. The predicted octanol–water partition coefficient (Wildman–Crippen LogP) is 3.70. The van der Waals surface area contributed by atoms with E-state index in [0.717, 1.165) is 24.2 Å². The van der Waals surface area contributed by atoms with Crippen molar-refractivity contribution in [3.63, 3.8) is 0 Å². The minimum Gasteiger partial charge on any atom is -0.489 e. The third-order valence-electron chi connectivity index (χ3n) is 5.17. The van der Waals surface area contributed by atoms with Crippen molar-refractivity contribution in [1.29, 1.82) is 0 Å². The van der Waals surface area contributed by atoms with E-state index in [0.29, 0.717) is 30.3 Å². The Balaban J connectivity index is 0.00000196. The van der Waals surface area contributed by atoms with Gasteiger partial charge in [0.2, 0.25) is 0 Å². The van der Waals surface area contributed by atoms with Crippen LogP contribution in [-0.2, 0) is 6.61 Å². The van der Waals surface area contributed by atoms with E-state index >= 15 is 0 Å². The molecule has 26 heavy (non-hydrogen) atoms. The number of nitrogens with one attached hydrogen (secondary N) is 2. The molecular formula is C21H25ClN2O2. The van der Waals surface area contributed by atoms with Gasteiger partial charge in [-0.25, -0.2) is 0 Å². The van der Waals surface area contributed by atoms with Gasteiger partial charge in [-0.1, -0.05) is 30.3 Å². The second-order valence-electron chi connectivity index (χ2n) is 7.08. The number of ether oxygens (including phenoxy) is 1. The Bertz CT molecular complexity index is 709. The number of carbonyl (C=O) groups excluding carboxylic acids is 1. The van der Waals surface area contributed by atoms with E-state index in [2.05, 4.69) is 10.6 Å². The molecule has 4 nitrogen and oxygen atoms in total. The average molecular weight is 373 g/mol. The normalized spacial score (nSPS) is 23.8. The van der Waals surface area contributed by atoms with Crippen LogP contribution in [0, 0.1) is 0 Å². The lowest BCUT2D eigenvalue weighted by atomic mass is 9.99. The van der Waals surface area contributed by atoms with Gasteiger partial charge in [-0.05, 0) is 55.5 Å². The summed E-state index contributed by atoms with van der Waals surface area (Å²) < 4.78 is 5.77. The highest BCUT2D eigenvalue weighted by molar-refractivity contribution is 5.94. The molecule has 0 radical (unpaired) electrons. The van der Waals surface area contributed by atoms with Crippen molar-refractivity contribution in [2.24, 2.45) is 0 Å². The van der Waals surface area contributed by atoms with Gasteiger partial charge in [-0.3, -0.25) is 4.79 Å². The van der Waals surface area contributed by atoms with Crippen LogP contribution < -0.4 is 15.4 Å². The maximum Gasteiger partial charge on any atom is 0.251 e. The molecule has 0 aromatic heterocycles. The number of amides is 1. The molecule has 4 rings (SSSR count). The van der Waals surface area contributed by atoms with Crippen LogP contribution in [0.25, 0.3) is 0 Å². The molecule has 2 saturated heterocycles. The fraction of sp³-hybridized carbons (Fsp3) is 0.381. The van der Waals surface area contributed by atoms with Gasteiger partial charge in [0.15, 0.2) is 0 Å². The quantitative estimate of drug-likeness (QED) is 0.841. The molecule has 2 aliphatic heterocycles. The first-order chi connectivity index (χ1) is 12.3. The molecule has 2 unspecified atom stereocenters. The van der Waals surface area contributed by atoms with Gasteiger partial charge < -0.3 is 15.4 Å². The smallest absolute Gasteiger partial charge is 0.251 e. The Labute approximate surface area is 160 Å². The summed E-state index contributed by atoms with van der Waals surface area (Å²) in [6.45, 7) is 0.532. The maximum atomic E-state index is 12.5. The Morgan fingerprint density at radius 3 is 2.31 bits per heavy atom. The highest BCUT2D eigenvalue weighted by atomic mass is 35.5. The Morgan fingerprint density at radius 2 is 1.65 bits per heavy atom. The standard InChI is InChI=1S/C21H24N2O2.ClH/c24-21(23-19-12-17-8-9-18(13-19)22-17)16-6-10-20(11-7-16)25-14-15-4-2-1-3-5-15;/h1-7,10-11,17-19,22H,8-9,12-14H2,(H,23,24);1H. The minimum atomic E-state index is 0. The first-order valence-electron chi connectivity index (χ1n) is 9.10. The fourth-order valence-electron chi connectivity index (χ4n) is 3.89. The molecule has 2 bridgehead atoms. The molecule has 2 aromatic rings. The summed E-state index contributed by atoms with van der Waals surface area (Å²) in [5.74, 6) is 0.793. The van der Waals surface area contributed by atoms with Crippen LogP contribution in [0.3, 0.4) is 0 Å². The van der Waals surface area contributed by atoms with Crippen LogP contribution in [0.15, 0.2) is 54.6 Å². The first kappa shape index (κ1) is 18.7. The van der Waals surface area contributed by atoms with Crippen LogP contribution in [0.2, 0.25) is 0 Å². The summed E-state index contributed by atoms with van der Waals surface area (Å²) in [5, 5.41) is 6.79. The topological polar surface area (TPSA) is 50.4 Å². The molecule has 138 valence electrons. The number of carbonyl (C=O) groups is 1. The summed E-state index contributed by atoms with van der Waals surface area (Å²) in [4.78, 5) is 12.5. The third kappa shape index (κ3) is 4.57. The number of halogens is 1. The molecule has 0 spiro atoms. The van der Waals surface area contributed by atoms with Gasteiger partial charge in [0.1, 0.15) is 12.4 Å². The zero-order valence-electron chi connectivity index (χ0n) is 14.7. The van der Waals surface area contributed by atoms with E-state index in [1.54, 1.807) is 0 Å². The Kier molecular flexibility index (Phi) is 6.17. The summed E-state index contributed by atoms with van der Waals surface area (Å²) in [7, 11) is 0. The highest BCUT2D eigenvalue weighted by Gasteiger charge is 2.34. The summed E-state index contributed by atoms with van der Waals surface area (Å²) >= 11 is 0. The predicted molar refractivity (Wildman–Crippen MR) is 105 cm³/mol. The molecule has 2 atom stereocenters. The van der Waals surface area contributed by atoms with Crippen LogP contribution >= 0.6 is 12.4 Å². The van der Waals surface area contributed by atoms with Crippen molar-refractivity contribution in [2.45, 2.75) is 50.4 Å². The average Bonchev–Trinajstić information content (AvgIpc) is 2.99. The molecule has 0 saturated carbocycles. The van der Waals surface area contributed by atoms with Gasteiger partial charge in [0.05, 0.1) is 0 Å². The summed E-state index contributed by atoms with van der Waals surface area (Å²) in [5.41, 5.74) is 1.82. The molecule has 1 amide bonds. The molecule has 0 aliphatic carbocycles. The molecule has 5 heteroatoms. The molecule has 2 aromatic carbocycles. The van der Waals surface area contributed by atoms with E-state index < -0.39 is 0 Å². The number of rotatable bonds is 5. The van der Waals surface area contributed by atoms with Crippen molar-refractivity contribution in [1.82, 2.24) is 10.6 Å². The minimum absolute atomic E-state index is 0. The van der Waals surface area contributed by atoms with Gasteiger partial charge in [-0.15, -0.1) is 12.4 Å². The van der Waals surface area contributed by atoms with E-state index in [1.807, 2.05) is 54.6 Å². The van der Waals surface area contributed by atoms with Gasteiger partial charge in [-0.2, -0.15) is 0 Å². The van der Waals surface area contributed by atoms with Crippen molar-refractivity contribution in [3.05, 3.63) is 65.7 Å². The number of piperidine rings is 1. The van der Waals surface area contributed by atoms with Gasteiger partial charge >= 0.3 is 0 Å². The lowest BCUT2D eigenvalue weighted by Crippen LogP contribution is -2.48. The number of benzene rings is 2. The number of hydrogen-bond acceptors (Lipinski definition) is 3. The van der Waals surface area contributed by atoms with E-state index in [9.17, 15) is 4.79 Å². The molecule has 2 N–H and O–H groups in total. The van der Waals surface area contributed by atoms with E-state index in [1.165, 1.54) is 12.8 Å². The van der Waals surface area contributed by atoms with Crippen molar-refractivity contribution < 1.29 is 9.53 Å². The summed E-state index contributed by atoms with van der Waals surface area (Å²) in [6.07, 6.45) is 4.57. The molecular weight excluding hydrogens is 348 g/mol. The molecule has 2 fully saturated rings. The fourth-order valence-corrected chi connectivity index (χ4v) is 3.89. The monoisotopic (exact) mass is 372 g/mol. The Morgan fingerprint density at radius 1 is 1.00 bits per heavy atom. The Hall–Kier alpha value is -2.04. The first-order valence-corrected chi connectivity index (χ1v) is 9.10. The van der Waals surface area contributed by atoms with Crippen LogP contribution in [0.4, 0.5) is 0 Å². The molecule has 2 heterocycles. The second kappa shape index (κ2) is 8.56. The summed E-state index contributed by atoms with van der Waals surface area (Å²) in [6, 6.07) is 18.9. The second-order valence-corrected chi connectivity index (χ2v) is 7.08. The lowest BCUT2D eigenvalue weighted by Gasteiger charge is -2.29. The van der Waals surface area contributed by atoms with Gasteiger partial charge in [0, 0.05) is 23.7 Å². The SMILES string of the molecule is Cl.O=C(NC1CC2CCC(C1)N2)c1ccc(OCc2ccccc2)cc1. The zero-order chi connectivity index (χ0) is 17.1. The highest BCUT2D eigenvalue weighted by Crippen LogP contribution is 2.27. The molecule has 2 aliphatic rings. The number of hydrogen-bond donors (Lipinski definition) is 2. The van der Waals surface area contributed by atoms with E-state index in [-0.39, 0.29) is 18.3 Å². The largest absolute Gasteiger partial charge is 0.489 e. The maximum absolute atomic E-state index is 12.5. The zero-order valence-corrected chi connectivity index (χ0v) is 15.5. The third-order valence-corrected chi connectivity index (χ3v) is 5.17. The van der Waals surface area contributed by atoms with Crippen molar-refractivity contribution in [3.8, 4) is 5.75 Å².